The van der Waals surface area contributed by atoms with Gasteiger partial charge in [0.2, 0.25) is 0 Å². The summed E-state index contributed by atoms with van der Waals surface area (Å²) in [5.74, 6) is 3.81. The summed E-state index contributed by atoms with van der Waals surface area (Å²) >= 11 is 0. The largest absolute Gasteiger partial charge is 0.381 e. The molecule has 7 nitrogen and oxygen atoms in total. The molecule has 1 saturated heterocycles. The third-order valence-corrected chi connectivity index (χ3v) is 4.56. The van der Waals surface area contributed by atoms with Gasteiger partial charge >= 0.3 is 0 Å². The van der Waals surface area contributed by atoms with E-state index < -0.39 is 0 Å². The monoisotopic (exact) mass is 314 g/mol. The fourth-order valence-corrected chi connectivity index (χ4v) is 3.34. The number of aryl methyl sites for hydroxylation is 2. The van der Waals surface area contributed by atoms with E-state index in [1.807, 2.05) is 6.92 Å². The second-order valence-electron chi connectivity index (χ2n) is 6.31. The molecule has 0 spiro atoms. The van der Waals surface area contributed by atoms with Crippen LogP contribution in [0.25, 0.3) is 0 Å². The van der Waals surface area contributed by atoms with Gasteiger partial charge in [-0.25, -0.2) is 15.0 Å². The van der Waals surface area contributed by atoms with Gasteiger partial charge in [0.05, 0.1) is 13.2 Å². The minimum Gasteiger partial charge on any atom is -0.381 e. The van der Waals surface area contributed by atoms with Crippen molar-refractivity contribution in [1.82, 2.24) is 25.1 Å². The summed E-state index contributed by atoms with van der Waals surface area (Å²) in [7, 11) is 0. The standard InChI is InChI=1S/C16H22N6O/c1-10-18-13-5-3-2-4-12(13)16(19-10)17-8-14-20-15(22-21-14)11-6-7-23-9-11/h11H,2-9H2,1H3,(H,17,18,19)(H,20,21,22). The Balaban J connectivity index is 1.48. The Labute approximate surface area is 135 Å². The molecule has 1 aliphatic carbocycles. The van der Waals surface area contributed by atoms with Crippen molar-refractivity contribution in [2.75, 3.05) is 18.5 Å². The number of hydrogen-bond donors (Lipinski definition) is 2. The maximum atomic E-state index is 5.40. The van der Waals surface area contributed by atoms with E-state index in [-0.39, 0.29) is 0 Å². The van der Waals surface area contributed by atoms with Crippen molar-refractivity contribution in [3.8, 4) is 0 Å². The molecule has 0 bridgehead atoms. The normalized spacial score (nSPS) is 20.5. The molecule has 3 heterocycles. The molecule has 2 aromatic heterocycles. The maximum absolute atomic E-state index is 5.40. The number of ether oxygens (including phenoxy) is 1. The summed E-state index contributed by atoms with van der Waals surface area (Å²) in [6, 6.07) is 0. The summed E-state index contributed by atoms with van der Waals surface area (Å²) in [5.41, 5.74) is 2.47. The fraction of sp³-hybridized carbons (Fsp3) is 0.625. The van der Waals surface area contributed by atoms with Crippen LogP contribution in [0.3, 0.4) is 0 Å². The number of aromatic amines is 1. The second kappa shape index (κ2) is 6.23. The molecule has 0 saturated carbocycles. The molecule has 0 amide bonds. The second-order valence-corrected chi connectivity index (χ2v) is 6.31. The lowest BCUT2D eigenvalue weighted by atomic mass is 9.96. The average Bonchev–Trinajstić information content (AvgIpc) is 3.23. The highest BCUT2D eigenvalue weighted by molar-refractivity contribution is 5.47. The van der Waals surface area contributed by atoms with E-state index in [1.54, 1.807) is 0 Å². The number of anilines is 1. The Bertz CT molecular complexity index is 692. The van der Waals surface area contributed by atoms with Crippen molar-refractivity contribution >= 4 is 5.82 Å². The van der Waals surface area contributed by atoms with Gasteiger partial charge < -0.3 is 10.1 Å². The molecule has 2 aliphatic rings. The highest BCUT2D eigenvalue weighted by Crippen LogP contribution is 2.26. The smallest absolute Gasteiger partial charge is 0.156 e. The third-order valence-electron chi connectivity index (χ3n) is 4.56. The van der Waals surface area contributed by atoms with Crippen LogP contribution in [0.1, 0.15) is 53.9 Å². The lowest BCUT2D eigenvalue weighted by Crippen LogP contribution is -2.14. The Morgan fingerprint density at radius 2 is 2.13 bits per heavy atom. The van der Waals surface area contributed by atoms with Gasteiger partial charge in [-0.15, -0.1) is 0 Å². The van der Waals surface area contributed by atoms with Gasteiger partial charge in [-0.2, -0.15) is 5.10 Å². The number of hydrogen-bond acceptors (Lipinski definition) is 6. The molecule has 1 aliphatic heterocycles. The molecular weight excluding hydrogens is 292 g/mol. The SMILES string of the molecule is Cc1nc2c(c(NCc3nc(C4CCOC4)n[nH]3)n1)CCCC2. The molecule has 7 heteroatoms. The van der Waals surface area contributed by atoms with E-state index in [0.29, 0.717) is 12.5 Å². The quantitative estimate of drug-likeness (QED) is 0.896. The minimum atomic E-state index is 0.328. The lowest BCUT2D eigenvalue weighted by Gasteiger charge is -2.18. The molecule has 2 N–H and O–H groups in total. The zero-order chi connectivity index (χ0) is 15.6. The first-order chi connectivity index (χ1) is 11.3. The molecular formula is C16H22N6O. The zero-order valence-corrected chi connectivity index (χ0v) is 13.4. The number of aromatic nitrogens is 5. The summed E-state index contributed by atoms with van der Waals surface area (Å²) in [6.07, 6.45) is 5.55. The van der Waals surface area contributed by atoms with Gasteiger partial charge in [0, 0.05) is 23.8 Å². The number of H-pyrrole nitrogens is 1. The Hall–Kier alpha value is -2.02. The molecule has 2 aromatic rings. The molecule has 1 unspecified atom stereocenters. The number of nitrogens with one attached hydrogen (secondary N) is 2. The van der Waals surface area contributed by atoms with Crippen LogP contribution in [-0.4, -0.2) is 38.4 Å². The first-order valence-electron chi connectivity index (χ1n) is 8.39. The summed E-state index contributed by atoms with van der Waals surface area (Å²) in [5, 5.41) is 10.8. The van der Waals surface area contributed by atoms with Crippen LogP contribution in [0.5, 0.6) is 0 Å². The summed E-state index contributed by atoms with van der Waals surface area (Å²) in [6.45, 7) is 4.08. The molecule has 0 aromatic carbocycles. The predicted molar refractivity (Wildman–Crippen MR) is 85.3 cm³/mol. The van der Waals surface area contributed by atoms with Crippen LogP contribution in [0.4, 0.5) is 5.82 Å². The van der Waals surface area contributed by atoms with Gasteiger partial charge in [-0.1, -0.05) is 0 Å². The van der Waals surface area contributed by atoms with Gasteiger partial charge in [-0.3, -0.25) is 5.10 Å². The first-order valence-corrected chi connectivity index (χ1v) is 8.39. The van der Waals surface area contributed by atoms with Crippen LogP contribution >= 0.6 is 0 Å². The maximum Gasteiger partial charge on any atom is 0.156 e. The molecule has 0 radical (unpaired) electrons. The highest BCUT2D eigenvalue weighted by Gasteiger charge is 2.22. The zero-order valence-electron chi connectivity index (χ0n) is 13.4. The number of nitrogens with zero attached hydrogens (tertiary/aromatic N) is 4. The van der Waals surface area contributed by atoms with Crippen LogP contribution in [0, 0.1) is 6.92 Å². The first kappa shape index (κ1) is 14.6. The summed E-state index contributed by atoms with van der Waals surface area (Å²) in [4.78, 5) is 13.8. The van der Waals surface area contributed by atoms with Gasteiger partial charge in [0.15, 0.2) is 5.82 Å². The number of rotatable bonds is 4. The van der Waals surface area contributed by atoms with Crippen molar-refractivity contribution in [2.24, 2.45) is 0 Å². The molecule has 122 valence electrons. The minimum absolute atomic E-state index is 0.328. The summed E-state index contributed by atoms with van der Waals surface area (Å²) < 4.78 is 5.40. The van der Waals surface area contributed by atoms with Crippen molar-refractivity contribution in [3.63, 3.8) is 0 Å². The fourth-order valence-electron chi connectivity index (χ4n) is 3.34. The van der Waals surface area contributed by atoms with Crippen molar-refractivity contribution in [1.29, 1.82) is 0 Å². The van der Waals surface area contributed by atoms with Crippen LogP contribution in [-0.2, 0) is 24.1 Å². The third kappa shape index (κ3) is 3.06. The van der Waals surface area contributed by atoms with Crippen molar-refractivity contribution in [3.05, 3.63) is 28.7 Å². The van der Waals surface area contributed by atoms with Gasteiger partial charge in [0.1, 0.15) is 17.5 Å². The Kier molecular flexibility index (Phi) is 3.95. The van der Waals surface area contributed by atoms with E-state index in [4.69, 9.17) is 4.74 Å². The number of fused-ring (bicyclic) bond motifs is 1. The van der Waals surface area contributed by atoms with Crippen molar-refractivity contribution < 1.29 is 4.74 Å². The topological polar surface area (TPSA) is 88.6 Å². The van der Waals surface area contributed by atoms with Crippen LogP contribution < -0.4 is 5.32 Å². The van der Waals surface area contributed by atoms with E-state index in [2.05, 4.69) is 30.5 Å². The average molecular weight is 314 g/mol. The van der Waals surface area contributed by atoms with E-state index in [0.717, 1.165) is 55.8 Å². The highest BCUT2D eigenvalue weighted by atomic mass is 16.5. The van der Waals surface area contributed by atoms with Crippen LogP contribution in [0.2, 0.25) is 0 Å². The van der Waals surface area contributed by atoms with Crippen molar-refractivity contribution in [2.45, 2.75) is 51.5 Å². The lowest BCUT2D eigenvalue weighted by molar-refractivity contribution is 0.193. The Morgan fingerprint density at radius 3 is 3.00 bits per heavy atom. The van der Waals surface area contributed by atoms with E-state index in [1.165, 1.54) is 24.1 Å². The van der Waals surface area contributed by atoms with Gasteiger partial charge in [-0.05, 0) is 39.0 Å². The molecule has 4 rings (SSSR count). The molecule has 1 fully saturated rings. The predicted octanol–water partition coefficient (Wildman–Crippen LogP) is 1.90. The molecule has 1 atom stereocenters. The van der Waals surface area contributed by atoms with E-state index in [9.17, 15) is 0 Å². The van der Waals surface area contributed by atoms with E-state index >= 15 is 0 Å². The van der Waals surface area contributed by atoms with Crippen LogP contribution in [0.15, 0.2) is 0 Å². The Morgan fingerprint density at radius 1 is 1.22 bits per heavy atom. The van der Waals surface area contributed by atoms with Gasteiger partial charge in [0.25, 0.3) is 0 Å². The molecule has 23 heavy (non-hydrogen) atoms.